The van der Waals surface area contributed by atoms with Crippen LogP contribution in [0.3, 0.4) is 0 Å². The molecule has 0 saturated heterocycles. The van der Waals surface area contributed by atoms with Gasteiger partial charge in [-0.25, -0.2) is 13.5 Å². The molecule has 0 spiro atoms. The molecule has 0 radical (unpaired) electrons. The Labute approximate surface area is 135 Å². The van der Waals surface area contributed by atoms with Crippen molar-refractivity contribution in [3.8, 4) is 11.3 Å². The van der Waals surface area contributed by atoms with Gasteiger partial charge in [-0.05, 0) is 19.4 Å². The maximum atomic E-state index is 14.0. The van der Waals surface area contributed by atoms with Gasteiger partial charge < -0.3 is 0 Å². The van der Waals surface area contributed by atoms with Gasteiger partial charge in [0.05, 0.1) is 13.0 Å². The molecule has 0 bridgehead atoms. The van der Waals surface area contributed by atoms with E-state index in [1.807, 2.05) is 12.1 Å². The van der Waals surface area contributed by atoms with E-state index in [1.165, 1.54) is 28.7 Å². The lowest BCUT2D eigenvalue weighted by Crippen LogP contribution is -2.36. The summed E-state index contributed by atoms with van der Waals surface area (Å²) in [6, 6.07) is 15.7. The third-order valence-electron chi connectivity index (χ3n) is 4.64. The van der Waals surface area contributed by atoms with Gasteiger partial charge in [-0.15, -0.1) is 0 Å². The highest BCUT2D eigenvalue weighted by molar-refractivity contribution is 5.59. The number of imidazole rings is 1. The Morgan fingerprint density at radius 1 is 1.09 bits per heavy atom. The molecule has 3 heteroatoms. The second-order valence-corrected chi connectivity index (χ2v) is 6.27. The van der Waals surface area contributed by atoms with Gasteiger partial charge in [0.25, 0.3) is 5.82 Å². The van der Waals surface area contributed by atoms with Crippen LogP contribution in [-0.4, -0.2) is 4.57 Å². The van der Waals surface area contributed by atoms with Crippen molar-refractivity contribution in [2.45, 2.75) is 32.9 Å². The first-order valence-corrected chi connectivity index (χ1v) is 8.14. The molecule has 1 aliphatic rings. The van der Waals surface area contributed by atoms with Crippen LogP contribution in [-0.2, 0) is 19.5 Å². The number of hydrogen-bond donors (Lipinski definition) is 0. The van der Waals surface area contributed by atoms with Crippen molar-refractivity contribution in [1.29, 1.82) is 0 Å². The Morgan fingerprint density at radius 2 is 1.87 bits per heavy atom. The van der Waals surface area contributed by atoms with Crippen LogP contribution in [0.15, 0.2) is 54.7 Å². The molecule has 0 atom stereocenters. The first-order valence-electron chi connectivity index (χ1n) is 8.14. The number of nitrogens with zero attached hydrogens (tertiary/aromatic N) is 2. The van der Waals surface area contributed by atoms with Gasteiger partial charge in [-0.3, -0.25) is 0 Å². The van der Waals surface area contributed by atoms with Gasteiger partial charge in [-0.1, -0.05) is 48.0 Å². The van der Waals surface area contributed by atoms with E-state index >= 15 is 0 Å². The number of benzene rings is 2. The summed E-state index contributed by atoms with van der Waals surface area (Å²) in [5.74, 6) is 1.17. The summed E-state index contributed by atoms with van der Waals surface area (Å²) in [6.45, 7) is 3.74. The normalized spacial score (nSPS) is 13.3. The number of aryl methyl sites for hydroxylation is 1. The van der Waals surface area contributed by atoms with E-state index < -0.39 is 0 Å². The minimum Gasteiger partial charge on any atom is -0.229 e. The Balaban J connectivity index is 1.76. The molecule has 0 amide bonds. The van der Waals surface area contributed by atoms with Crippen molar-refractivity contribution in [2.24, 2.45) is 0 Å². The van der Waals surface area contributed by atoms with Crippen molar-refractivity contribution in [3.05, 3.63) is 77.5 Å². The summed E-state index contributed by atoms with van der Waals surface area (Å²) in [7, 11) is 0. The minimum atomic E-state index is -0.130. The van der Waals surface area contributed by atoms with Crippen LogP contribution < -0.4 is 4.57 Å². The van der Waals surface area contributed by atoms with Crippen molar-refractivity contribution >= 4 is 0 Å². The monoisotopic (exact) mass is 307 g/mol. The van der Waals surface area contributed by atoms with E-state index in [2.05, 4.69) is 46.5 Å². The second kappa shape index (κ2) is 5.65. The van der Waals surface area contributed by atoms with Crippen LogP contribution in [0.4, 0.5) is 4.39 Å². The van der Waals surface area contributed by atoms with Gasteiger partial charge in [0, 0.05) is 11.1 Å². The Bertz CT molecular complexity index is 847. The smallest absolute Gasteiger partial charge is 0.229 e. The Hall–Kier alpha value is -2.42. The van der Waals surface area contributed by atoms with E-state index in [1.54, 1.807) is 6.07 Å². The zero-order valence-corrected chi connectivity index (χ0v) is 13.3. The molecule has 2 aromatic carbocycles. The maximum absolute atomic E-state index is 14.0. The molecule has 3 aromatic rings. The van der Waals surface area contributed by atoms with Crippen LogP contribution in [0, 0.1) is 12.7 Å². The zero-order valence-electron chi connectivity index (χ0n) is 13.3. The molecule has 0 fully saturated rings. The molecule has 0 N–H and O–H groups in total. The first-order chi connectivity index (χ1) is 11.2. The molecule has 2 nitrogen and oxygen atoms in total. The lowest BCUT2D eigenvalue weighted by Gasteiger charge is -2.01. The first kappa shape index (κ1) is 14.2. The van der Waals surface area contributed by atoms with Crippen LogP contribution in [0.25, 0.3) is 11.3 Å². The van der Waals surface area contributed by atoms with Gasteiger partial charge in [0.2, 0.25) is 0 Å². The predicted molar refractivity (Wildman–Crippen MR) is 88.6 cm³/mol. The number of hydrogen-bond acceptors (Lipinski definition) is 0. The lowest BCUT2D eigenvalue weighted by atomic mass is 10.1. The molecule has 0 aliphatic carbocycles. The molecule has 116 valence electrons. The van der Waals surface area contributed by atoms with Crippen molar-refractivity contribution < 1.29 is 8.96 Å². The van der Waals surface area contributed by atoms with E-state index in [9.17, 15) is 4.39 Å². The van der Waals surface area contributed by atoms with E-state index in [-0.39, 0.29) is 5.82 Å². The minimum absolute atomic E-state index is 0.130. The number of rotatable bonds is 3. The van der Waals surface area contributed by atoms with Gasteiger partial charge >= 0.3 is 0 Å². The summed E-state index contributed by atoms with van der Waals surface area (Å²) in [5.41, 5.74) is 4.47. The second-order valence-electron chi connectivity index (χ2n) is 6.27. The summed E-state index contributed by atoms with van der Waals surface area (Å²) in [5, 5.41) is 0. The number of fused-ring (bicyclic) bond motifs is 1. The quantitative estimate of drug-likeness (QED) is 0.649. The lowest BCUT2D eigenvalue weighted by molar-refractivity contribution is -0.694. The summed E-state index contributed by atoms with van der Waals surface area (Å²) >= 11 is 0. The maximum Gasteiger partial charge on any atom is 0.257 e. The summed E-state index contributed by atoms with van der Waals surface area (Å²) in [6.07, 6.45) is 4.39. The number of aromatic nitrogens is 2. The third kappa shape index (κ3) is 2.56. The van der Waals surface area contributed by atoms with E-state index in [0.29, 0.717) is 6.54 Å². The predicted octanol–water partition coefficient (Wildman–Crippen LogP) is 3.88. The third-order valence-corrected chi connectivity index (χ3v) is 4.64. The fourth-order valence-corrected chi connectivity index (χ4v) is 3.41. The molecular weight excluding hydrogens is 287 g/mol. The van der Waals surface area contributed by atoms with Crippen molar-refractivity contribution in [3.63, 3.8) is 0 Å². The Morgan fingerprint density at radius 3 is 2.65 bits per heavy atom. The van der Waals surface area contributed by atoms with Crippen molar-refractivity contribution in [2.75, 3.05) is 0 Å². The Kier molecular flexibility index (Phi) is 3.49. The van der Waals surface area contributed by atoms with E-state index in [4.69, 9.17) is 0 Å². The molecule has 0 unspecified atom stereocenters. The van der Waals surface area contributed by atoms with Gasteiger partial charge in [-0.2, -0.15) is 0 Å². The SMILES string of the molecule is Cc1ccc(-c2c[n+](Cc3ccccc3F)c3n2CCC3)cc1. The summed E-state index contributed by atoms with van der Waals surface area (Å²) in [4.78, 5) is 0. The van der Waals surface area contributed by atoms with Crippen LogP contribution in [0.5, 0.6) is 0 Å². The fourth-order valence-electron chi connectivity index (χ4n) is 3.41. The number of halogens is 1. The molecule has 2 heterocycles. The average molecular weight is 307 g/mol. The molecule has 23 heavy (non-hydrogen) atoms. The standard InChI is InChI=1S/C20H20FN2/c1-15-8-10-16(11-9-15)19-14-22(20-7-4-12-23(19)20)13-17-5-2-3-6-18(17)21/h2-3,5-6,8-11,14H,4,7,12-13H2,1H3/q+1. The van der Waals surface area contributed by atoms with Gasteiger partial charge in [0.1, 0.15) is 18.6 Å². The molecule has 1 aromatic heterocycles. The highest BCUT2D eigenvalue weighted by Crippen LogP contribution is 2.25. The van der Waals surface area contributed by atoms with Crippen LogP contribution in [0.2, 0.25) is 0 Å². The molecule has 1 aliphatic heterocycles. The fraction of sp³-hybridized carbons (Fsp3) is 0.250. The zero-order chi connectivity index (χ0) is 15.8. The summed E-state index contributed by atoms with van der Waals surface area (Å²) < 4.78 is 18.6. The van der Waals surface area contributed by atoms with Crippen LogP contribution in [0.1, 0.15) is 23.4 Å². The highest BCUT2D eigenvalue weighted by atomic mass is 19.1. The topological polar surface area (TPSA) is 8.81 Å². The molecule has 0 saturated carbocycles. The van der Waals surface area contributed by atoms with Crippen molar-refractivity contribution in [1.82, 2.24) is 4.57 Å². The van der Waals surface area contributed by atoms with E-state index in [0.717, 1.165) is 24.9 Å². The van der Waals surface area contributed by atoms with Gasteiger partial charge in [0.15, 0.2) is 5.69 Å². The van der Waals surface area contributed by atoms with Crippen LogP contribution >= 0.6 is 0 Å². The molecule has 4 rings (SSSR count). The average Bonchev–Trinajstić information content (AvgIpc) is 3.14. The molecular formula is C20H20FN2+. The largest absolute Gasteiger partial charge is 0.257 e. The highest BCUT2D eigenvalue weighted by Gasteiger charge is 2.28.